The van der Waals surface area contributed by atoms with Crippen LogP contribution in [0.4, 0.5) is 8.78 Å². The molecular weight excluding hydrogens is 314 g/mol. The van der Waals surface area contributed by atoms with E-state index in [-0.39, 0.29) is 30.4 Å². The van der Waals surface area contributed by atoms with Crippen LogP contribution in [0.15, 0.2) is 28.8 Å². The second-order valence-electron chi connectivity index (χ2n) is 4.59. The molecule has 0 saturated heterocycles. The molecule has 1 heterocycles. The van der Waals surface area contributed by atoms with Crippen LogP contribution in [0, 0.1) is 11.6 Å². The van der Waals surface area contributed by atoms with Crippen molar-refractivity contribution in [3.8, 4) is 5.75 Å². The zero-order valence-corrected chi connectivity index (χ0v) is 11.8. The third-order valence-electron chi connectivity index (χ3n) is 2.76. The fraction of sp³-hybridized carbons (Fsp3) is 0.286. The molecule has 0 bridgehead atoms. The van der Waals surface area contributed by atoms with Gasteiger partial charge in [0, 0.05) is 18.7 Å². The molecule has 124 valence electrons. The van der Waals surface area contributed by atoms with Gasteiger partial charge in [0.15, 0.2) is 23.0 Å². The molecule has 0 unspecified atom stereocenters. The number of aromatic nitrogens is 1. The first kappa shape index (κ1) is 16.8. The SMILES string of the molecule is O=C(NC[C@H](O)CO)c1cc(COc2ccc(F)cc2F)on1. The van der Waals surface area contributed by atoms with E-state index >= 15 is 0 Å². The first-order valence-corrected chi connectivity index (χ1v) is 6.60. The number of ether oxygens (including phenoxy) is 1. The monoisotopic (exact) mass is 328 g/mol. The predicted molar refractivity (Wildman–Crippen MR) is 72.6 cm³/mol. The molecule has 1 atom stereocenters. The van der Waals surface area contributed by atoms with E-state index in [0.29, 0.717) is 6.07 Å². The van der Waals surface area contributed by atoms with Crippen LogP contribution in [0.1, 0.15) is 16.2 Å². The first-order valence-electron chi connectivity index (χ1n) is 6.60. The molecule has 1 aromatic carbocycles. The number of nitrogens with zero attached hydrogens (tertiary/aromatic N) is 1. The third-order valence-corrected chi connectivity index (χ3v) is 2.76. The largest absolute Gasteiger partial charge is 0.482 e. The summed E-state index contributed by atoms with van der Waals surface area (Å²) in [6.45, 7) is -0.835. The van der Waals surface area contributed by atoms with Crippen LogP contribution in [-0.2, 0) is 6.61 Å². The van der Waals surface area contributed by atoms with Crippen LogP contribution in [0.25, 0.3) is 0 Å². The Labute approximate surface area is 129 Å². The van der Waals surface area contributed by atoms with Gasteiger partial charge < -0.3 is 24.8 Å². The highest BCUT2D eigenvalue weighted by molar-refractivity contribution is 5.92. The van der Waals surface area contributed by atoms with Crippen molar-refractivity contribution in [1.29, 1.82) is 0 Å². The van der Waals surface area contributed by atoms with Crippen LogP contribution >= 0.6 is 0 Å². The average molecular weight is 328 g/mol. The zero-order valence-electron chi connectivity index (χ0n) is 11.8. The molecule has 0 radical (unpaired) electrons. The summed E-state index contributed by atoms with van der Waals surface area (Å²) < 4.78 is 36.1. The van der Waals surface area contributed by atoms with Gasteiger partial charge in [-0.25, -0.2) is 8.78 Å². The highest BCUT2D eigenvalue weighted by Gasteiger charge is 2.14. The average Bonchev–Trinajstić information content (AvgIpc) is 3.00. The molecule has 1 aromatic heterocycles. The lowest BCUT2D eigenvalue weighted by Crippen LogP contribution is -2.34. The van der Waals surface area contributed by atoms with Gasteiger partial charge in [-0.15, -0.1) is 0 Å². The Kier molecular flexibility index (Phi) is 5.61. The molecular formula is C14H14F2N2O5. The quantitative estimate of drug-likeness (QED) is 0.688. The van der Waals surface area contributed by atoms with Gasteiger partial charge in [0.1, 0.15) is 12.4 Å². The minimum Gasteiger partial charge on any atom is -0.482 e. The highest BCUT2D eigenvalue weighted by Crippen LogP contribution is 2.19. The van der Waals surface area contributed by atoms with Crippen LogP contribution in [0.5, 0.6) is 5.75 Å². The van der Waals surface area contributed by atoms with Crippen molar-refractivity contribution in [3.63, 3.8) is 0 Å². The summed E-state index contributed by atoms with van der Waals surface area (Å²) >= 11 is 0. The van der Waals surface area contributed by atoms with Gasteiger partial charge in [0.25, 0.3) is 5.91 Å². The summed E-state index contributed by atoms with van der Waals surface area (Å²) in [5, 5.41) is 23.6. The van der Waals surface area contributed by atoms with Crippen LogP contribution < -0.4 is 10.1 Å². The van der Waals surface area contributed by atoms with E-state index in [2.05, 4.69) is 10.5 Å². The number of halogens is 2. The Morgan fingerprint density at radius 1 is 1.39 bits per heavy atom. The molecule has 0 saturated carbocycles. The van der Waals surface area contributed by atoms with Crippen LogP contribution in [0.3, 0.4) is 0 Å². The van der Waals surface area contributed by atoms with Crippen molar-refractivity contribution in [2.75, 3.05) is 13.2 Å². The summed E-state index contributed by atoms with van der Waals surface area (Å²) in [5.74, 6) is -2.21. The number of benzene rings is 1. The molecule has 23 heavy (non-hydrogen) atoms. The minimum absolute atomic E-state index is 0.0617. The van der Waals surface area contributed by atoms with Gasteiger partial charge in [-0.05, 0) is 12.1 Å². The zero-order chi connectivity index (χ0) is 16.8. The van der Waals surface area contributed by atoms with Crippen LogP contribution in [0.2, 0.25) is 0 Å². The van der Waals surface area contributed by atoms with E-state index in [1.54, 1.807) is 0 Å². The summed E-state index contributed by atoms with van der Waals surface area (Å²) in [4.78, 5) is 11.7. The summed E-state index contributed by atoms with van der Waals surface area (Å²) in [7, 11) is 0. The summed E-state index contributed by atoms with van der Waals surface area (Å²) in [6.07, 6.45) is -1.07. The van der Waals surface area contributed by atoms with E-state index in [9.17, 15) is 13.6 Å². The second-order valence-corrected chi connectivity index (χ2v) is 4.59. The lowest BCUT2D eigenvalue weighted by molar-refractivity contribution is 0.0796. The molecule has 0 aliphatic heterocycles. The van der Waals surface area contributed by atoms with Crippen molar-refractivity contribution in [1.82, 2.24) is 10.5 Å². The number of rotatable bonds is 7. The van der Waals surface area contributed by atoms with Gasteiger partial charge in [0.05, 0.1) is 12.7 Å². The Morgan fingerprint density at radius 2 is 2.17 bits per heavy atom. The van der Waals surface area contributed by atoms with Crippen LogP contribution in [-0.4, -0.2) is 40.5 Å². The molecule has 9 heteroatoms. The van der Waals surface area contributed by atoms with E-state index in [1.807, 2.05) is 0 Å². The molecule has 0 fully saturated rings. The summed E-state index contributed by atoms with van der Waals surface area (Å²) in [5.41, 5.74) is -0.0617. The van der Waals surface area contributed by atoms with Crippen molar-refractivity contribution in [3.05, 3.63) is 47.4 Å². The van der Waals surface area contributed by atoms with Crippen molar-refractivity contribution < 1.29 is 33.0 Å². The van der Waals surface area contributed by atoms with Gasteiger partial charge in [0.2, 0.25) is 0 Å². The third kappa shape index (κ3) is 4.73. The number of hydrogen-bond donors (Lipinski definition) is 3. The molecule has 0 spiro atoms. The normalized spacial score (nSPS) is 12.0. The number of hydrogen-bond acceptors (Lipinski definition) is 6. The molecule has 2 rings (SSSR count). The fourth-order valence-electron chi connectivity index (χ4n) is 1.59. The lowest BCUT2D eigenvalue weighted by atomic mass is 10.3. The molecule has 0 aliphatic rings. The van der Waals surface area contributed by atoms with Crippen molar-refractivity contribution in [2.24, 2.45) is 0 Å². The second kappa shape index (κ2) is 7.65. The molecule has 7 nitrogen and oxygen atoms in total. The van der Waals surface area contributed by atoms with Crippen molar-refractivity contribution in [2.45, 2.75) is 12.7 Å². The van der Waals surface area contributed by atoms with Gasteiger partial charge >= 0.3 is 0 Å². The Hall–Kier alpha value is -2.52. The number of amides is 1. The van der Waals surface area contributed by atoms with Gasteiger partial charge in [-0.1, -0.05) is 5.16 Å². The van der Waals surface area contributed by atoms with E-state index in [4.69, 9.17) is 19.5 Å². The predicted octanol–water partition coefficient (Wildman–Crippen LogP) is 0.615. The number of aliphatic hydroxyl groups is 2. The lowest BCUT2D eigenvalue weighted by Gasteiger charge is -2.06. The van der Waals surface area contributed by atoms with Crippen molar-refractivity contribution >= 4 is 5.91 Å². The summed E-state index contributed by atoms with van der Waals surface area (Å²) in [6, 6.07) is 4.14. The number of carbonyl (C=O) groups excluding carboxylic acids is 1. The van der Waals surface area contributed by atoms with Gasteiger partial charge in [-0.3, -0.25) is 4.79 Å². The Balaban J connectivity index is 1.90. The fourth-order valence-corrected chi connectivity index (χ4v) is 1.59. The smallest absolute Gasteiger partial charge is 0.273 e. The Bertz CT molecular complexity index is 677. The molecule has 0 aliphatic carbocycles. The number of aliphatic hydroxyl groups excluding tert-OH is 2. The maximum Gasteiger partial charge on any atom is 0.273 e. The molecule has 2 aromatic rings. The minimum atomic E-state index is -1.07. The van der Waals surface area contributed by atoms with E-state index in [1.165, 1.54) is 6.07 Å². The molecule has 3 N–H and O–H groups in total. The molecule has 1 amide bonds. The first-order chi connectivity index (χ1) is 11.0. The van der Waals surface area contributed by atoms with E-state index in [0.717, 1.165) is 12.1 Å². The standard InChI is InChI=1S/C14H14F2N2O5/c15-8-1-2-13(11(16)3-8)22-7-10-4-12(18-23-10)14(21)17-5-9(20)6-19/h1-4,9,19-20H,5-7H2,(H,17,21)/t9-/m0/s1. The van der Waals surface area contributed by atoms with Gasteiger partial charge in [-0.2, -0.15) is 0 Å². The maximum atomic E-state index is 13.4. The topological polar surface area (TPSA) is 105 Å². The highest BCUT2D eigenvalue weighted by atomic mass is 19.1. The maximum absolute atomic E-state index is 13.4. The number of nitrogens with one attached hydrogen (secondary N) is 1. The number of carbonyl (C=O) groups is 1. The Morgan fingerprint density at radius 3 is 2.87 bits per heavy atom. The van der Waals surface area contributed by atoms with E-state index < -0.39 is 30.3 Å².